The minimum absolute atomic E-state index is 0.486. The van der Waals surface area contributed by atoms with Gasteiger partial charge in [0.1, 0.15) is 0 Å². The highest BCUT2D eigenvalue weighted by molar-refractivity contribution is 8.00. The SMILES string of the molecule is CC(C)NCc1cc(Cl)ccc1SC1CCOCC1. The Kier molecular flexibility index (Phi) is 6.02. The fraction of sp³-hybridized carbons (Fsp3) is 0.600. The molecule has 0 amide bonds. The molecule has 1 heterocycles. The topological polar surface area (TPSA) is 21.3 Å². The van der Waals surface area contributed by atoms with Crippen LogP contribution in [0.4, 0.5) is 0 Å². The van der Waals surface area contributed by atoms with Crippen molar-refractivity contribution >= 4 is 23.4 Å². The standard InChI is InChI=1S/C15H22ClNOS/c1-11(2)17-10-12-9-13(16)3-4-15(12)19-14-5-7-18-8-6-14/h3-4,9,11,14,17H,5-8,10H2,1-2H3. The summed E-state index contributed by atoms with van der Waals surface area (Å²) in [5, 5.41) is 4.96. The minimum Gasteiger partial charge on any atom is -0.381 e. The van der Waals surface area contributed by atoms with Crippen molar-refractivity contribution in [1.82, 2.24) is 5.32 Å². The van der Waals surface area contributed by atoms with Crippen LogP contribution in [-0.4, -0.2) is 24.5 Å². The summed E-state index contributed by atoms with van der Waals surface area (Å²) >= 11 is 8.09. The van der Waals surface area contributed by atoms with Gasteiger partial charge in [-0.15, -0.1) is 11.8 Å². The fourth-order valence-corrected chi connectivity index (χ4v) is 3.50. The van der Waals surface area contributed by atoms with Crippen LogP contribution in [0, 0.1) is 0 Å². The van der Waals surface area contributed by atoms with Crippen molar-refractivity contribution in [2.75, 3.05) is 13.2 Å². The zero-order valence-electron chi connectivity index (χ0n) is 11.6. The average molecular weight is 300 g/mol. The molecule has 1 aromatic rings. The Hall–Kier alpha value is -0.220. The number of hydrogen-bond donors (Lipinski definition) is 1. The summed E-state index contributed by atoms with van der Waals surface area (Å²) < 4.78 is 5.42. The van der Waals surface area contributed by atoms with Crippen LogP contribution in [0.25, 0.3) is 0 Å². The number of thioether (sulfide) groups is 1. The molecule has 1 saturated heterocycles. The largest absolute Gasteiger partial charge is 0.381 e. The molecule has 1 aliphatic heterocycles. The summed E-state index contributed by atoms with van der Waals surface area (Å²) in [5.74, 6) is 0. The lowest BCUT2D eigenvalue weighted by Crippen LogP contribution is -2.22. The van der Waals surface area contributed by atoms with Crippen LogP contribution >= 0.6 is 23.4 Å². The van der Waals surface area contributed by atoms with Crippen LogP contribution in [0.15, 0.2) is 23.1 Å². The van der Waals surface area contributed by atoms with E-state index in [4.69, 9.17) is 16.3 Å². The first-order valence-corrected chi connectivity index (χ1v) is 8.17. The molecule has 0 aliphatic carbocycles. The minimum atomic E-state index is 0.486. The van der Waals surface area contributed by atoms with E-state index < -0.39 is 0 Å². The van der Waals surface area contributed by atoms with E-state index >= 15 is 0 Å². The van der Waals surface area contributed by atoms with E-state index in [1.807, 2.05) is 17.8 Å². The van der Waals surface area contributed by atoms with Crippen LogP contribution in [0.2, 0.25) is 5.02 Å². The molecule has 0 atom stereocenters. The first-order valence-electron chi connectivity index (χ1n) is 6.91. The number of nitrogens with one attached hydrogen (secondary N) is 1. The van der Waals surface area contributed by atoms with Crippen LogP contribution in [-0.2, 0) is 11.3 Å². The first-order chi connectivity index (χ1) is 9.15. The normalized spacial score (nSPS) is 17.1. The highest BCUT2D eigenvalue weighted by Crippen LogP contribution is 2.33. The zero-order chi connectivity index (χ0) is 13.7. The predicted molar refractivity (Wildman–Crippen MR) is 83.1 cm³/mol. The second-order valence-electron chi connectivity index (χ2n) is 5.22. The van der Waals surface area contributed by atoms with Gasteiger partial charge in [0.2, 0.25) is 0 Å². The molecule has 0 radical (unpaired) electrons. The van der Waals surface area contributed by atoms with E-state index in [1.54, 1.807) is 0 Å². The van der Waals surface area contributed by atoms with Crippen LogP contribution < -0.4 is 5.32 Å². The lowest BCUT2D eigenvalue weighted by Gasteiger charge is -2.23. The van der Waals surface area contributed by atoms with Crippen molar-refractivity contribution in [2.45, 2.75) is 49.4 Å². The van der Waals surface area contributed by atoms with Gasteiger partial charge in [0, 0.05) is 41.0 Å². The van der Waals surface area contributed by atoms with Crippen molar-refractivity contribution in [3.63, 3.8) is 0 Å². The Bertz CT molecular complexity index is 405. The maximum Gasteiger partial charge on any atom is 0.0476 e. The maximum atomic E-state index is 6.12. The van der Waals surface area contributed by atoms with Gasteiger partial charge < -0.3 is 10.1 Å². The van der Waals surface area contributed by atoms with Gasteiger partial charge in [-0.3, -0.25) is 0 Å². The molecular formula is C15H22ClNOS. The maximum absolute atomic E-state index is 6.12. The van der Waals surface area contributed by atoms with Crippen molar-refractivity contribution in [3.05, 3.63) is 28.8 Å². The van der Waals surface area contributed by atoms with Crippen molar-refractivity contribution in [3.8, 4) is 0 Å². The quantitative estimate of drug-likeness (QED) is 0.884. The second-order valence-corrected chi connectivity index (χ2v) is 7.00. The molecular weight excluding hydrogens is 278 g/mol. The van der Waals surface area contributed by atoms with Gasteiger partial charge in [0.15, 0.2) is 0 Å². The molecule has 0 aromatic heterocycles. The Morgan fingerprint density at radius 1 is 1.37 bits per heavy atom. The second kappa shape index (κ2) is 7.53. The van der Waals surface area contributed by atoms with E-state index in [2.05, 4.69) is 31.3 Å². The zero-order valence-corrected chi connectivity index (χ0v) is 13.2. The lowest BCUT2D eigenvalue weighted by atomic mass is 10.2. The highest BCUT2D eigenvalue weighted by atomic mass is 35.5. The van der Waals surface area contributed by atoms with Gasteiger partial charge >= 0.3 is 0 Å². The molecule has 106 valence electrons. The van der Waals surface area contributed by atoms with Crippen LogP contribution in [0.5, 0.6) is 0 Å². The summed E-state index contributed by atoms with van der Waals surface area (Å²) in [4.78, 5) is 1.35. The number of ether oxygens (including phenoxy) is 1. The third-order valence-electron chi connectivity index (χ3n) is 3.19. The molecule has 19 heavy (non-hydrogen) atoms. The average Bonchev–Trinajstić information content (AvgIpc) is 2.40. The third-order valence-corrected chi connectivity index (χ3v) is 4.88. The van der Waals surface area contributed by atoms with Gasteiger partial charge in [-0.05, 0) is 36.6 Å². The summed E-state index contributed by atoms with van der Waals surface area (Å²) in [6.07, 6.45) is 2.29. The molecule has 2 nitrogen and oxygen atoms in total. The molecule has 1 aliphatic rings. The first kappa shape index (κ1) is 15.2. The Morgan fingerprint density at radius 2 is 2.11 bits per heavy atom. The predicted octanol–water partition coefficient (Wildman–Crippen LogP) is 4.11. The summed E-state index contributed by atoms with van der Waals surface area (Å²) in [5.41, 5.74) is 1.30. The molecule has 4 heteroatoms. The molecule has 0 spiro atoms. The number of rotatable bonds is 5. The number of halogens is 1. The summed E-state index contributed by atoms with van der Waals surface area (Å²) in [7, 11) is 0. The molecule has 0 saturated carbocycles. The van der Waals surface area contributed by atoms with Crippen molar-refractivity contribution in [2.24, 2.45) is 0 Å². The van der Waals surface area contributed by atoms with Crippen LogP contribution in [0.1, 0.15) is 32.3 Å². The highest BCUT2D eigenvalue weighted by Gasteiger charge is 2.16. The van der Waals surface area contributed by atoms with Crippen molar-refractivity contribution in [1.29, 1.82) is 0 Å². The summed E-state index contributed by atoms with van der Waals surface area (Å²) in [6, 6.07) is 6.71. The van der Waals surface area contributed by atoms with E-state index in [1.165, 1.54) is 10.5 Å². The monoisotopic (exact) mass is 299 g/mol. The third kappa shape index (κ3) is 4.99. The molecule has 0 unspecified atom stereocenters. The van der Waals surface area contributed by atoms with E-state index in [-0.39, 0.29) is 0 Å². The van der Waals surface area contributed by atoms with E-state index in [0.717, 1.165) is 37.6 Å². The lowest BCUT2D eigenvalue weighted by molar-refractivity contribution is 0.1000. The van der Waals surface area contributed by atoms with Crippen LogP contribution in [0.3, 0.4) is 0 Å². The Morgan fingerprint density at radius 3 is 2.79 bits per heavy atom. The van der Waals surface area contributed by atoms with E-state index in [9.17, 15) is 0 Å². The van der Waals surface area contributed by atoms with Gasteiger partial charge in [-0.1, -0.05) is 25.4 Å². The van der Waals surface area contributed by atoms with Crippen molar-refractivity contribution < 1.29 is 4.74 Å². The fourth-order valence-electron chi connectivity index (χ4n) is 2.09. The Labute approximate surface area is 125 Å². The van der Waals surface area contributed by atoms with Gasteiger partial charge in [-0.2, -0.15) is 0 Å². The molecule has 1 N–H and O–H groups in total. The summed E-state index contributed by atoms with van der Waals surface area (Å²) in [6.45, 7) is 6.99. The van der Waals surface area contributed by atoms with E-state index in [0.29, 0.717) is 11.3 Å². The molecule has 0 bridgehead atoms. The molecule has 2 rings (SSSR count). The smallest absolute Gasteiger partial charge is 0.0476 e. The van der Waals surface area contributed by atoms with Gasteiger partial charge in [0.05, 0.1) is 0 Å². The number of hydrogen-bond acceptors (Lipinski definition) is 3. The molecule has 1 fully saturated rings. The number of benzene rings is 1. The molecule has 1 aromatic carbocycles. The van der Waals surface area contributed by atoms with Gasteiger partial charge in [-0.25, -0.2) is 0 Å². The van der Waals surface area contributed by atoms with Gasteiger partial charge in [0.25, 0.3) is 0 Å². The Balaban J connectivity index is 2.04.